The lowest BCUT2D eigenvalue weighted by molar-refractivity contribution is -0.117. The summed E-state index contributed by atoms with van der Waals surface area (Å²) in [6.07, 6.45) is 0.367. The zero-order chi connectivity index (χ0) is 15.9. The van der Waals surface area contributed by atoms with E-state index in [4.69, 9.17) is 5.73 Å². The Morgan fingerprint density at radius 1 is 1.05 bits per heavy atom. The molecule has 0 radical (unpaired) electrons. The number of primary amides is 1. The van der Waals surface area contributed by atoms with Crippen molar-refractivity contribution in [2.75, 3.05) is 5.32 Å². The number of hydrogen-bond donors (Lipinski definition) is 3. The van der Waals surface area contributed by atoms with Gasteiger partial charge < -0.3 is 16.4 Å². The van der Waals surface area contributed by atoms with Crippen LogP contribution in [0.2, 0.25) is 0 Å². The van der Waals surface area contributed by atoms with Crippen LogP contribution in [0.15, 0.2) is 59.1 Å². The molecule has 0 spiro atoms. The minimum Gasteiger partial charge on any atom is -0.352 e. The van der Waals surface area contributed by atoms with Crippen molar-refractivity contribution in [3.05, 3.63) is 64.6 Å². The molecule has 2 rings (SSSR count). The molecule has 22 heavy (non-hydrogen) atoms. The van der Waals surface area contributed by atoms with Crippen LogP contribution in [0.5, 0.6) is 0 Å². The predicted octanol–water partition coefficient (Wildman–Crippen LogP) is 2.67. The van der Waals surface area contributed by atoms with Crippen LogP contribution in [0, 0.1) is 0 Å². The number of anilines is 1. The van der Waals surface area contributed by atoms with Gasteiger partial charge in [0.2, 0.25) is 5.91 Å². The van der Waals surface area contributed by atoms with Crippen LogP contribution < -0.4 is 16.4 Å². The van der Waals surface area contributed by atoms with Crippen molar-refractivity contribution in [2.24, 2.45) is 5.73 Å². The van der Waals surface area contributed by atoms with Crippen LogP contribution in [-0.2, 0) is 11.2 Å². The predicted molar refractivity (Wildman–Crippen MR) is 89.4 cm³/mol. The molecule has 0 aliphatic heterocycles. The number of hydrogen-bond acceptors (Lipinski definition) is 2. The van der Waals surface area contributed by atoms with Crippen molar-refractivity contribution >= 4 is 33.6 Å². The lowest BCUT2D eigenvalue weighted by Crippen LogP contribution is -2.47. The molecule has 2 aromatic rings. The third-order valence-corrected chi connectivity index (χ3v) is 3.56. The highest BCUT2D eigenvalue weighted by molar-refractivity contribution is 9.10. The summed E-state index contributed by atoms with van der Waals surface area (Å²) in [5.41, 5.74) is 6.75. The highest BCUT2D eigenvalue weighted by atomic mass is 79.9. The molecule has 3 amide bonds. The van der Waals surface area contributed by atoms with Crippen LogP contribution in [0.1, 0.15) is 5.56 Å². The fraction of sp³-hybridized carbons (Fsp3) is 0.125. The average Bonchev–Trinajstić information content (AvgIpc) is 2.49. The van der Waals surface area contributed by atoms with Crippen LogP contribution in [0.4, 0.5) is 10.5 Å². The van der Waals surface area contributed by atoms with Gasteiger partial charge >= 0.3 is 6.03 Å². The summed E-state index contributed by atoms with van der Waals surface area (Å²) in [6.45, 7) is 0. The molecule has 0 aromatic heterocycles. The van der Waals surface area contributed by atoms with Crippen molar-refractivity contribution in [3.8, 4) is 0 Å². The van der Waals surface area contributed by atoms with Gasteiger partial charge in [0.25, 0.3) is 0 Å². The standard InChI is InChI=1S/C16H16BrN3O2/c17-12-6-8-13(9-7-12)19-15(21)14(20-16(18)22)10-11-4-2-1-3-5-11/h1-9,14H,10H2,(H,19,21)(H3,18,20,22). The fourth-order valence-corrected chi connectivity index (χ4v) is 2.26. The molecule has 0 saturated heterocycles. The van der Waals surface area contributed by atoms with E-state index in [9.17, 15) is 9.59 Å². The number of nitrogens with two attached hydrogens (primary N) is 1. The molecular formula is C16H16BrN3O2. The third kappa shape index (κ3) is 4.89. The Bertz CT molecular complexity index is 644. The summed E-state index contributed by atoms with van der Waals surface area (Å²) in [5, 5.41) is 5.24. The molecule has 6 heteroatoms. The lowest BCUT2D eigenvalue weighted by atomic mass is 10.1. The van der Waals surface area contributed by atoms with E-state index in [1.807, 2.05) is 42.5 Å². The van der Waals surface area contributed by atoms with Gasteiger partial charge in [-0.05, 0) is 29.8 Å². The van der Waals surface area contributed by atoms with Crippen molar-refractivity contribution in [1.82, 2.24) is 5.32 Å². The zero-order valence-corrected chi connectivity index (χ0v) is 13.3. The van der Waals surface area contributed by atoms with Gasteiger partial charge in [-0.1, -0.05) is 46.3 Å². The molecule has 0 saturated carbocycles. The smallest absolute Gasteiger partial charge is 0.312 e. The highest BCUT2D eigenvalue weighted by Crippen LogP contribution is 2.14. The van der Waals surface area contributed by atoms with E-state index in [-0.39, 0.29) is 5.91 Å². The minimum absolute atomic E-state index is 0.315. The molecule has 0 fully saturated rings. The Hall–Kier alpha value is -2.34. The summed E-state index contributed by atoms with van der Waals surface area (Å²) in [6, 6.07) is 15.2. The number of urea groups is 1. The topological polar surface area (TPSA) is 84.2 Å². The Morgan fingerprint density at radius 3 is 2.27 bits per heavy atom. The van der Waals surface area contributed by atoms with Crippen LogP contribution in [0.3, 0.4) is 0 Å². The molecular weight excluding hydrogens is 346 g/mol. The van der Waals surface area contributed by atoms with E-state index in [0.29, 0.717) is 12.1 Å². The SMILES string of the molecule is NC(=O)NC(Cc1ccccc1)C(=O)Nc1ccc(Br)cc1. The first kappa shape index (κ1) is 16.0. The first-order chi connectivity index (χ1) is 10.5. The average molecular weight is 362 g/mol. The molecule has 1 unspecified atom stereocenters. The van der Waals surface area contributed by atoms with E-state index in [1.165, 1.54) is 0 Å². The number of carbonyl (C=O) groups is 2. The Kier molecular flexibility index (Phi) is 5.55. The van der Waals surface area contributed by atoms with E-state index >= 15 is 0 Å². The van der Waals surface area contributed by atoms with Gasteiger partial charge in [-0.25, -0.2) is 4.79 Å². The van der Waals surface area contributed by atoms with E-state index < -0.39 is 12.1 Å². The lowest BCUT2D eigenvalue weighted by Gasteiger charge is -2.17. The van der Waals surface area contributed by atoms with Crippen LogP contribution in [0.25, 0.3) is 0 Å². The maximum absolute atomic E-state index is 12.3. The third-order valence-electron chi connectivity index (χ3n) is 3.03. The van der Waals surface area contributed by atoms with E-state index in [0.717, 1.165) is 10.0 Å². The molecule has 0 bridgehead atoms. The Balaban J connectivity index is 2.08. The van der Waals surface area contributed by atoms with Crippen molar-refractivity contribution in [1.29, 1.82) is 0 Å². The van der Waals surface area contributed by atoms with Gasteiger partial charge in [-0.2, -0.15) is 0 Å². The summed E-state index contributed by atoms with van der Waals surface area (Å²) in [5.74, 6) is -0.315. The second-order valence-electron chi connectivity index (χ2n) is 4.75. The van der Waals surface area contributed by atoms with E-state index in [1.54, 1.807) is 12.1 Å². The van der Waals surface area contributed by atoms with Crippen molar-refractivity contribution in [3.63, 3.8) is 0 Å². The quantitative estimate of drug-likeness (QED) is 0.764. The zero-order valence-electron chi connectivity index (χ0n) is 11.8. The minimum atomic E-state index is -0.733. The molecule has 114 valence electrons. The molecule has 4 N–H and O–H groups in total. The maximum Gasteiger partial charge on any atom is 0.312 e. The normalized spacial score (nSPS) is 11.5. The van der Waals surface area contributed by atoms with Gasteiger partial charge in [0.05, 0.1) is 0 Å². The number of amides is 3. The highest BCUT2D eigenvalue weighted by Gasteiger charge is 2.20. The molecule has 0 aliphatic carbocycles. The number of rotatable bonds is 5. The first-order valence-corrected chi connectivity index (χ1v) is 7.50. The first-order valence-electron chi connectivity index (χ1n) is 6.71. The maximum atomic E-state index is 12.3. The van der Waals surface area contributed by atoms with Crippen LogP contribution in [-0.4, -0.2) is 18.0 Å². The summed E-state index contributed by atoms with van der Waals surface area (Å²) in [4.78, 5) is 23.5. The second-order valence-corrected chi connectivity index (χ2v) is 5.66. The number of benzene rings is 2. The Labute approximate surface area is 137 Å². The largest absolute Gasteiger partial charge is 0.352 e. The fourth-order valence-electron chi connectivity index (χ4n) is 1.99. The van der Waals surface area contributed by atoms with Crippen LogP contribution >= 0.6 is 15.9 Å². The van der Waals surface area contributed by atoms with E-state index in [2.05, 4.69) is 26.6 Å². The number of halogens is 1. The van der Waals surface area contributed by atoms with Gasteiger partial charge in [-0.3, -0.25) is 4.79 Å². The molecule has 5 nitrogen and oxygen atoms in total. The molecule has 0 aliphatic rings. The monoisotopic (exact) mass is 361 g/mol. The molecule has 0 heterocycles. The van der Waals surface area contributed by atoms with Gasteiger partial charge in [0, 0.05) is 16.6 Å². The summed E-state index contributed by atoms with van der Waals surface area (Å²) < 4.78 is 0.918. The van der Waals surface area contributed by atoms with Gasteiger partial charge in [0.1, 0.15) is 6.04 Å². The van der Waals surface area contributed by atoms with Gasteiger partial charge in [-0.15, -0.1) is 0 Å². The van der Waals surface area contributed by atoms with Gasteiger partial charge in [0.15, 0.2) is 0 Å². The van der Waals surface area contributed by atoms with Crippen molar-refractivity contribution in [2.45, 2.75) is 12.5 Å². The summed E-state index contributed by atoms with van der Waals surface area (Å²) in [7, 11) is 0. The number of nitrogens with one attached hydrogen (secondary N) is 2. The number of carbonyl (C=O) groups excluding carboxylic acids is 2. The molecule has 2 aromatic carbocycles. The second kappa shape index (κ2) is 7.61. The Morgan fingerprint density at radius 2 is 1.68 bits per heavy atom. The van der Waals surface area contributed by atoms with Crippen molar-refractivity contribution < 1.29 is 9.59 Å². The summed E-state index contributed by atoms with van der Waals surface area (Å²) >= 11 is 3.33. The molecule has 1 atom stereocenters.